The van der Waals surface area contributed by atoms with Crippen molar-refractivity contribution < 1.29 is 14.3 Å². The number of halogens is 1. The second-order valence-electron chi connectivity index (χ2n) is 6.79. The lowest BCUT2D eigenvalue weighted by atomic mass is 9.84. The first-order valence-corrected chi connectivity index (χ1v) is 8.92. The summed E-state index contributed by atoms with van der Waals surface area (Å²) >= 11 is 0. The monoisotopic (exact) mass is 348 g/mol. The Morgan fingerprint density at radius 3 is 2.57 bits per heavy atom. The van der Waals surface area contributed by atoms with Gasteiger partial charge in [-0.3, -0.25) is 4.79 Å². The van der Waals surface area contributed by atoms with Gasteiger partial charge in [-0.1, -0.05) is 26.2 Å². The summed E-state index contributed by atoms with van der Waals surface area (Å²) in [5.74, 6) is 0.213. The second kappa shape index (κ2) is 10.5. The third-order valence-electron chi connectivity index (χ3n) is 5.04. The Morgan fingerprint density at radius 1 is 1.30 bits per heavy atom. The molecule has 1 unspecified atom stereocenters. The van der Waals surface area contributed by atoms with E-state index in [1.54, 1.807) is 0 Å². The van der Waals surface area contributed by atoms with E-state index in [1.165, 1.54) is 19.3 Å². The first-order chi connectivity index (χ1) is 10.7. The van der Waals surface area contributed by atoms with E-state index in [1.807, 2.05) is 0 Å². The number of hydrogen-bond acceptors (Lipinski definition) is 4. The van der Waals surface area contributed by atoms with Gasteiger partial charge in [0, 0.05) is 26.4 Å². The van der Waals surface area contributed by atoms with Gasteiger partial charge in [0.2, 0.25) is 5.91 Å². The van der Waals surface area contributed by atoms with Crippen LogP contribution in [0.15, 0.2) is 0 Å². The van der Waals surface area contributed by atoms with Crippen LogP contribution in [0.2, 0.25) is 0 Å². The molecule has 5 nitrogen and oxygen atoms in total. The highest BCUT2D eigenvalue weighted by molar-refractivity contribution is 5.85. The molecule has 0 spiro atoms. The molecule has 0 aromatic rings. The SMILES string of the molecule is CCCOC1(CNC(=O)C(N)C2CCOCC2)CCCCC1.Cl. The minimum absolute atomic E-state index is 0. The Kier molecular flexibility index (Phi) is 9.44. The summed E-state index contributed by atoms with van der Waals surface area (Å²) in [6.45, 7) is 4.92. The summed E-state index contributed by atoms with van der Waals surface area (Å²) < 4.78 is 11.5. The van der Waals surface area contributed by atoms with Crippen molar-refractivity contribution in [2.24, 2.45) is 11.7 Å². The molecule has 0 aromatic heterocycles. The molecular weight excluding hydrogens is 316 g/mol. The molecule has 3 N–H and O–H groups in total. The van der Waals surface area contributed by atoms with Crippen LogP contribution < -0.4 is 11.1 Å². The van der Waals surface area contributed by atoms with E-state index in [4.69, 9.17) is 15.2 Å². The van der Waals surface area contributed by atoms with Gasteiger partial charge in [0.25, 0.3) is 0 Å². The molecule has 23 heavy (non-hydrogen) atoms. The maximum atomic E-state index is 12.4. The van der Waals surface area contributed by atoms with Crippen LogP contribution in [0.3, 0.4) is 0 Å². The Labute approximate surface area is 146 Å². The van der Waals surface area contributed by atoms with Crippen molar-refractivity contribution in [3.63, 3.8) is 0 Å². The maximum absolute atomic E-state index is 12.4. The smallest absolute Gasteiger partial charge is 0.237 e. The fraction of sp³-hybridized carbons (Fsp3) is 0.941. The molecule has 1 saturated carbocycles. The summed E-state index contributed by atoms with van der Waals surface area (Å²) in [4.78, 5) is 12.4. The Bertz CT molecular complexity index is 343. The third kappa shape index (κ3) is 6.22. The van der Waals surface area contributed by atoms with Crippen LogP contribution in [0.25, 0.3) is 0 Å². The molecule has 1 amide bonds. The molecule has 2 fully saturated rings. The van der Waals surface area contributed by atoms with Gasteiger partial charge in [-0.25, -0.2) is 0 Å². The molecule has 0 bridgehead atoms. The lowest BCUT2D eigenvalue weighted by Gasteiger charge is -2.38. The van der Waals surface area contributed by atoms with E-state index in [9.17, 15) is 4.79 Å². The Hall–Kier alpha value is -0.360. The highest BCUT2D eigenvalue weighted by atomic mass is 35.5. The normalized spacial score (nSPS) is 22.9. The zero-order valence-electron chi connectivity index (χ0n) is 14.4. The predicted octanol–water partition coefficient (Wildman–Crippen LogP) is 2.41. The number of carbonyl (C=O) groups excluding carboxylic acids is 1. The van der Waals surface area contributed by atoms with Gasteiger partial charge >= 0.3 is 0 Å². The molecule has 1 heterocycles. The molecule has 0 radical (unpaired) electrons. The standard InChI is InChI=1S/C17H32N2O3.ClH/c1-2-10-22-17(8-4-3-5-9-17)13-19-16(20)15(18)14-6-11-21-12-7-14;/h14-15H,2-13,18H2,1H3,(H,19,20);1H. The summed E-state index contributed by atoms with van der Waals surface area (Å²) in [7, 11) is 0. The van der Waals surface area contributed by atoms with Crippen molar-refractivity contribution in [2.45, 2.75) is 69.9 Å². The van der Waals surface area contributed by atoms with E-state index in [0.29, 0.717) is 6.54 Å². The fourth-order valence-corrected chi connectivity index (χ4v) is 3.54. The quantitative estimate of drug-likeness (QED) is 0.741. The van der Waals surface area contributed by atoms with Crippen LogP contribution >= 0.6 is 12.4 Å². The van der Waals surface area contributed by atoms with Crippen LogP contribution in [-0.2, 0) is 14.3 Å². The fourth-order valence-electron chi connectivity index (χ4n) is 3.54. The van der Waals surface area contributed by atoms with Gasteiger partial charge in [0.15, 0.2) is 0 Å². The molecule has 1 saturated heterocycles. The van der Waals surface area contributed by atoms with Crippen molar-refractivity contribution >= 4 is 18.3 Å². The molecule has 0 aromatic carbocycles. The molecule has 1 atom stereocenters. The van der Waals surface area contributed by atoms with Gasteiger partial charge < -0.3 is 20.5 Å². The number of nitrogens with one attached hydrogen (secondary N) is 1. The van der Waals surface area contributed by atoms with Gasteiger partial charge in [0.1, 0.15) is 0 Å². The van der Waals surface area contributed by atoms with Crippen molar-refractivity contribution in [2.75, 3.05) is 26.4 Å². The number of ether oxygens (including phenoxy) is 2. The topological polar surface area (TPSA) is 73.6 Å². The van der Waals surface area contributed by atoms with E-state index in [2.05, 4.69) is 12.2 Å². The number of rotatable bonds is 7. The van der Waals surface area contributed by atoms with Gasteiger partial charge in [-0.05, 0) is 38.0 Å². The summed E-state index contributed by atoms with van der Waals surface area (Å²) in [5, 5.41) is 3.07. The lowest BCUT2D eigenvalue weighted by molar-refractivity contribution is -0.127. The van der Waals surface area contributed by atoms with E-state index in [-0.39, 0.29) is 29.8 Å². The molecule has 136 valence electrons. The van der Waals surface area contributed by atoms with Gasteiger partial charge in [0.05, 0.1) is 11.6 Å². The van der Waals surface area contributed by atoms with Crippen LogP contribution in [0.1, 0.15) is 58.3 Å². The maximum Gasteiger partial charge on any atom is 0.237 e. The van der Waals surface area contributed by atoms with Crippen LogP contribution in [0, 0.1) is 5.92 Å². The Balaban J connectivity index is 0.00000264. The van der Waals surface area contributed by atoms with Crippen molar-refractivity contribution in [3.05, 3.63) is 0 Å². The molecule has 1 aliphatic heterocycles. The third-order valence-corrected chi connectivity index (χ3v) is 5.04. The average molecular weight is 349 g/mol. The number of nitrogens with two attached hydrogens (primary N) is 1. The van der Waals surface area contributed by atoms with Crippen LogP contribution in [0.4, 0.5) is 0 Å². The number of hydrogen-bond donors (Lipinski definition) is 2. The Morgan fingerprint density at radius 2 is 1.96 bits per heavy atom. The van der Waals surface area contributed by atoms with E-state index >= 15 is 0 Å². The largest absolute Gasteiger partial charge is 0.381 e. The zero-order valence-corrected chi connectivity index (χ0v) is 15.2. The second-order valence-corrected chi connectivity index (χ2v) is 6.79. The first kappa shape index (κ1) is 20.7. The summed E-state index contributed by atoms with van der Waals surface area (Å²) in [5.41, 5.74) is 5.98. The van der Waals surface area contributed by atoms with Crippen LogP contribution in [0.5, 0.6) is 0 Å². The number of amides is 1. The van der Waals surface area contributed by atoms with E-state index in [0.717, 1.165) is 51.9 Å². The predicted molar refractivity (Wildman–Crippen MR) is 93.8 cm³/mol. The molecular formula is C17H33ClN2O3. The van der Waals surface area contributed by atoms with E-state index < -0.39 is 6.04 Å². The minimum Gasteiger partial charge on any atom is -0.381 e. The lowest BCUT2D eigenvalue weighted by Crippen LogP contribution is -2.52. The molecule has 1 aliphatic carbocycles. The van der Waals surface area contributed by atoms with Crippen molar-refractivity contribution in [1.29, 1.82) is 0 Å². The van der Waals surface area contributed by atoms with Crippen LogP contribution in [-0.4, -0.2) is 43.9 Å². The number of carbonyl (C=O) groups is 1. The highest BCUT2D eigenvalue weighted by Gasteiger charge is 2.34. The van der Waals surface area contributed by atoms with Gasteiger partial charge in [-0.15, -0.1) is 12.4 Å². The first-order valence-electron chi connectivity index (χ1n) is 8.92. The summed E-state index contributed by atoms with van der Waals surface area (Å²) in [6.07, 6.45) is 8.50. The molecule has 6 heteroatoms. The van der Waals surface area contributed by atoms with Gasteiger partial charge in [-0.2, -0.15) is 0 Å². The van der Waals surface area contributed by atoms with Crippen molar-refractivity contribution in [1.82, 2.24) is 5.32 Å². The highest BCUT2D eigenvalue weighted by Crippen LogP contribution is 2.31. The van der Waals surface area contributed by atoms with Crippen molar-refractivity contribution in [3.8, 4) is 0 Å². The zero-order chi connectivity index (χ0) is 15.8. The average Bonchev–Trinajstić information content (AvgIpc) is 2.59. The summed E-state index contributed by atoms with van der Waals surface area (Å²) in [6, 6.07) is -0.421. The molecule has 2 rings (SSSR count). The minimum atomic E-state index is -0.421. The molecule has 2 aliphatic rings.